The van der Waals surface area contributed by atoms with Crippen LogP contribution < -0.4 is 4.74 Å². The van der Waals surface area contributed by atoms with Crippen molar-refractivity contribution in [2.45, 2.75) is 26.2 Å². The summed E-state index contributed by atoms with van der Waals surface area (Å²) in [6.07, 6.45) is 0. The fourth-order valence-electron chi connectivity index (χ4n) is 1.80. The molecular weight excluding hydrogens is 228 g/mol. The number of aliphatic hydroxyl groups is 1. The van der Waals surface area contributed by atoms with Crippen LogP contribution in [0, 0.1) is 6.92 Å². The first-order valence-electron chi connectivity index (χ1n) is 5.02. The van der Waals surface area contributed by atoms with E-state index in [4.69, 9.17) is 16.3 Å². The molecule has 1 rings (SSSR count). The number of hydrogen-bond acceptors (Lipinski definition) is 3. The number of methoxy groups -OCH3 is 1. The number of ether oxygens (including phenoxy) is 1. The highest BCUT2D eigenvalue weighted by molar-refractivity contribution is 6.33. The minimum atomic E-state index is -0.495. The molecule has 3 nitrogen and oxygen atoms in total. The number of benzene rings is 1. The normalized spacial score (nSPS) is 11.6. The molecule has 2 N–H and O–H groups in total. The minimum Gasteiger partial charge on any atom is -0.503 e. The molecule has 0 unspecified atom stereocenters. The Kier molecular flexibility index (Phi) is 3.71. The number of aliphatic hydroxyl groups excluding tert-OH is 1. The third-order valence-electron chi connectivity index (χ3n) is 2.69. The Hall–Kier alpha value is -0.930. The Morgan fingerprint density at radius 1 is 1.44 bits per heavy atom. The van der Waals surface area contributed by atoms with E-state index in [1.54, 1.807) is 6.07 Å². The Morgan fingerprint density at radius 2 is 2.00 bits per heavy atom. The van der Waals surface area contributed by atoms with Crippen LogP contribution in [0.1, 0.15) is 25.0 Å². The van der Waals surface area contributed by atoms with Crippen molar-refractivity contribution in [1.29, 1.82) is 0 Å². The van der Waals surface area contributed by atoms with Gasteiger partial charge in [-0.1, -0.05) is 25.4 Å². The van der Waals surface area contributed by atoms with Gasteiger partial charge < -0.3 is 14.9 Å². The van der Waals surface area contributed by atoms with Gasteiger partial charge in [-0.05, 0) is 24.1 Å². The lowest BCUT2D eigenvalue weighted by Crippen LogP contribution is -2.24. The van der Waals surface area contributed by atoms with E-state index in [1.165, 1.54) is 7.11 Å². The van der Waals surface area contributed by atoms with Crippen LogP contribution in [0.3, 0.4) is 0 Å². The molecule has 0 radical (unpaired) electrons. The first-order chi connectivity index (χ1) is 7.35. The van der Waals surface area contributed by atoms with Crippen molar-refractivity contribution in [3.8, 4) is 11.5 Å². The number of halogens is 1. The molecule has 4 heteroatoms. The van der Waals surface area contributed by atoms with Crippen LogP contribution in [0.25, 0.3) is 0 Å². The predicted molar refractivity (Wildman–Crippen MR) is 64.5 cm³/mol. The quantitative estimate of drug-likeness (QED) is 0.860. The summed E-state index contributed by atoms with van der Waals surface area (Å²) in [6.45, 7) is 5.57. The van der Waals surface area contributed by atoms with Crippen molar-refractivity contribution in [3.05, 3.63) is 22.2 Å². The molecule has 0 amide bonds. The lowest BCUT2D eigenvalue weighted by molar-refractivity contribution is 0.217. The Balaban J connectivity index is 3.48. The summed E-state index contributed by atoms with van der Waals surface area (Å²) in [5.74, 6) is 0.270. The maximum absolute atomic E-state index is 9.82. The van der Waals surface area contributed by atoms with Crippen LogP contribution >= 0.6 is 11.6 Å². The summed E-state index contributed by atoms with van der Waals surface area (Å²) in [5.41, 5.74) is 1.14. The first kappa shape index (κ1) is 13.1. The molecule has 0 aliphatic heterocycles. The molecular formula is C12H17ClO3. The van der Waals surface area contributed by atoms with Crippen molar-refractivity contribution in [2.75, 3.05) is 13.7 Å². The van der Waals surface area contributed by atoms with Crippen LogP contribution in [0.15, 0.2) is 6.07 Å². The van der Waals surface area contributed by atoms with E-state index in [-0.39, 0.29) is 17.4 Å². The zero-order chi connectivity index (χ0) is 12.5. The van der Waals surface area contributed by atoms with E-state index in [2.05, 4.69) is 0 Å². The van der Waals surface area contributed by atoms with Crippen LogP contribution in [-0.2, 0) is 5.41 Å². The smallest absolute Gasteiger partial charge is 0.177 e. The topological polar surface area (TPSA) is 49.7 Å². The van der Waals surface area contributed by atoms with E-state index < -0.39 is 5.41 Å². The molecule has 0 saturated carbocycles. The molecule has 0 aliphatic rings. The molecule has 1 aromatic rings. The SMILES string of the molecule is COc1cc(C)c(C(C)(C)CO)c(Cl)c1O. The highest BCUT2D eigenvalue weighted by Crippen LogP contribution is 2.43. The second-order valence-corrected chi connectivity index (χ2v) is 4.85. The van der Waals surface area contributed by atoms with Gasteiger partial charge in [0.1, 0.15) is 0 Å². The van der Waals surface area contributed by atoms with Gasteiger partial charge in [0.2, 0.25) is 0 Å². The van der Waals surface area contributed by atoms with Crippen LogP contribution in [0.4, 0.5) is 0 Å². The van der Waals surface area contributed by atoms with Gasteiger partial charge in [0.15, 0.2) is 11.5 Å². The molecule has 0 bridgehead atoms. The van der Waals surface area contributed by atoms with Gasteiger partial charge in [-0.25, -0.2) is 0 Å². The molecule has 0 aliphatic carbocycles. The standard InChI is InChI=1S/C12H17ClO3/c1-7-5-8(16-4)11(15)10(13)9(7)12(2,3)6-14/h5,14-15H,6H2,1-4H3. The Bertz CT molecular complexity index is 400. The van der Waals surface area contributed by atoms with Crippen LogP contribution in [0.5, 0.6) is 11.5 Å². The molecule has 0 heterocycles. The predicted octanol–water partition coefficient (Wildman–Crippen LogP) is 2.63. The zero-order valence-electron chi connectivity index (χ0n) is 9.97. The largest absolute Gasteiger partial charge is 0.503 e. The number of aromatic hydroxyl groups is 1. The minimum absolute atomic E-state index is 0.0423. The molecule has 16 heavy (non-hydrogen) atoms. The monoisotopic (exact) mass is 244 g/mol. The first-order valence-corrected chi connectivity index (χ1v) is 5.40. The van der Waals surface area contributed by atoms with Crippen molar-refractivity contribution in [3.63, 3.8) is 0 Å². The number of aryl methyl sites for hydroxylation is 1. The molecule has 0 spiro atoms. The van der Waals surface area contributed by atoms with Crippen molar-refractivity contribution < 1.29 is 14.9 Å². The summed E-state index contributed by atoms with van der Waals surface area (Å²) in [5, 5.41) is 19.4. The maximum Gasteiger partial charge on any atom is 0.177 e. The lowest BCUT2D eigenvalue weighted by Gasteiger charge is -2.26. The summed E-state index contributed by atoms with van der Waals surface area (Å²) >= 11 is 6.10. The molecule has 90 valence electrons. The highest BCUT2D eigenvalue weighted by Gasteiger charge is 2.27. The third kappa shape index (κ3) is 2.11. The van der Waals surface area contributed by atoms with Crippen molar-refractivity contribution in [2.24, 2.45) is 0 Å². The van der Waals surface area contributed by atoms with Crippen LogP contribution in [-0.4, -0.2) is 23.9 Å². The van der Waals surface area contributed by atoms with Gasteiger partial charge in [-0.15, -0.1) is 0 Å². The molecule has 0 fully saturated rings. The number of hydrogen-bond donors (Lipinski definition) is 2. The molecule has 0 aromatic heterocycles. The Morgan fingerprint density at radius 3 is 2.44 bits per heavy atom. The lowest BCUT2D eigenvalue weighted by atomic mass is 9.82. The second-order valence-electron chi connectivity index (χ2n) is 4.48. The van der Waals surface area contributed by atoms with Crippen molar-refractivity contribution in [1.82, 2.24) is 0 Å². The maximum atomic E-state index is 9.82. The Labute approximate surface area is 101 Å². The van der Waals surface area contributed by atoms with Gasteiger partial charge >= 0.3 is 0 Å². The molecule has 0 atom stereocenters. The van der Waals surface area contributed by atoms with Crippen LogP contribution in [0.2, 0.25) is 5.02 Å². The average molecular weight is 245 g/mol. The van der Waals surface area contributed by atoms with Gasteiger partial charge in [0.25, 0.3) is 0 Å². The summed E-state index contributed by atoms with van der Waals surface area (Å²) in [7, 11) is 1.47. The van der Waals surface area contributed by atoms with E-state index in [0.29, 0.717) is 5.75 Å². The fourth-order valence-corrected chi connectivity index (χ4v) is 2.30. The fraction of sp³-hybridized carbons (Fsp3) is 0.500. The van der Waals surface area contributed by atoms with E-state index in [0.717, 1.165) is 11.1 Å². The van der Waals surface area contributed by atoms with E-state index >= 15 is 0 Å². The zero-order valence-corrected chi connectivity index (χ0v) is 10.7. The highest BCUT2D eigenvalue weighted by atomic mass is 35.5. The number of phenolic OH excluding ortho intramolecular Hbond substituents is 1. The van der Waals surface area contributed by atoms with Gasteiger partial charge in [-0.2, -0.15) is 0 Å². The molecule has 0 saturated heterocycles. The second kappa shape index (κ2) is 4.52. The molecule has 1 aromatic carbocycles. The van der Waals surface area contributed by atoms with Gasteiger partial charge in [0, 0.05) is 5.41 Å². The summed E-state index contributed by atoms with van der Waals surface area (Å²) in [4.78, 5) is 0. The van der Waals surface area contributed by atoms with E-state index in [9.17, 15) is 10.2 Å². The third-order valence-corrected chi connectivity index (χ3v) is 3.06. The summed E-state index contributed by atoms with van der Waals surface area (Å²) in [6, 6.07) is 1.72. The van der Waals surface area contributed by atoms with Gasteiger partial charge in [0.05, 0.1) is 18.7 Å². The summed E-state index contributed by atoms with van der Waals surface area (Å²) < 4.78 is 5.01. The number of phenols is 1. The van der Waals surface area contributed by atoms with Gasteiger partial charge in [-0.3, -0.25) is 0 Å². The average Bonchev–Trinajstić information content (AvgIpc) is 2.23. The van der Waals surface area contributed by atoms with E-state index in [1.807, 2.05) is 20.8 Å². The van der Waals surface area contributed by atoms with Crippen molar-refractivity contribution >= 4 is 11.6 Å². The number of rotatable bonds is 3.